The highest BCUT2D eigenvalue weighted by Crippen LogP contribution is 2.29. The van der Waals surface area contributed by atoms with Crippen LogP contribution in [0.15, 0.2) is 102 Å². The number of rotatable bonds is 10. The molecular weight excluding hydrogens is 655 g/mol. The lowest BCUT2D eigenvalue weighted by Gasteiger charge is -2.26. The molecule has 5 nitrogen and oxygen atoms in total. The van der Waals surface area contributed by atoms with Gasteiger partial charge in [0.2, 0.25) is 0 Å². The third-order valence-corrected chi connectivity index (χ3v) is 7.20. The minimum atomic E-state index is -0.0938. The number of ether oxygens (including phenoxy) is 2. The van der Waals surface area contributed by atoms with Crippen LogP contribution in [0.3, 0.4) is 0 Å². The van der Waals surface area contributed by atoms with E-state index >= 15 is 0 Å². The molecule has 0 radical (unpaired) electrons. The number of amidine groups is 1. The fraction of sp³-hybridized carbons (Fsp3) is 0.188. The lowest BCUT2D eigenvalue weighted by Crippen LogP contribution is -2.28. The third kappa shape index (κ3) is 8.49. The van der Waals surface area contributed by atoms with Crippen molar-refractivity contribution in [3.63, 3.8) is 0 Å². The molecule has 0 aliphatic heterocycles. The van der Waals surface area contributed by atoms with Crippen LogP contribution in [-0.2, 0) is 13.1 Å². The van der Waals surface area contributed by atoms with Gasteiger partial charge in [-0.1, -0.05) is 84.9 Å². The number of methoxy groups -OCH3 is 2. The van der Waals surface area contributed by atoms with Gasteiger partial charge in [-0.25, -0.2) is 4.99 Å². The van der Waals surface area contributed by atoms with Gasteiger partial charge in [0, 0.05) is 29.2 Å². The molecule has 0 aromatic heterocycles. The number of hydrogen-bond donors (Lipinski definition) is 0. The Morgan fingerprint density at radius 1 is 0.825 bits per heavy atom. The zero-order chi connectivity index (χ0) is 27.6. The fourth-order valence-electron chi connectivity index (χ4n) is 4.05. The van der Waals surface area contributed by atoms with Crippen molar-refractivity contribution < 1.29 is 14.3 Å². The second-order valence-corrected chi connectivity index (χ2v) is 10.4. The number of ketones is 1. The summed E-state index contributed by atoms with van der Waals surface area (Å²) >= 11 is 8.03. The molecule has 0 atom stereocenters. The molecule has 0 bridgehead atoms. The molecule has 0 aliphatic carbocycles. The molecule has 4 aromatic carbocycles. The van der Waals surface area contributed by atoms with Crippen molar-refractivity contribution >= 4 is 64.0 Å². The van der Waals surface area contributed by atoms with Gasteiger partial charge in [-0.05, 0) is 59.3 Å². The Labute approximate surface area is 262 Å². The van der Waals surface area contributed by atoms with Crippen molar-refractivity contribution in [2.45, 2.75) is 20.0 Å². The molecular formula is C32H32ClIN2O3S. The molecule has 0 unspecified atom stereocenters. The Hall–Kier alpha value is -3.01. The van der Waals surface area contributed by atoms with E-state index in [1.165, 1.54) is 0 Å². The lowest BCUT2D eigenvalue weighted by atomic mass is 10.0. The number of carbonyl (C=O) groups excluding carboxylic acids is 1. The van der Waals surface area contributed by atoms with Crippen LogP contribution in [0, 0.1) is 0 Å². The van der Waals surface area contributed by atoms with Crippen molar-refractivity contribution in [2.75, 3.05) is 20.0 Å². The highest BCUT2D eigenvalue weighted by molar-refractivity contribution is 14.0. The van der Waals surface area contributed by atoms with Crippen LogP contribution in [0.4, 0.5) is 5.69 Å². The molecule has 208 valence electrons. The number of carbonyl (C=O) groups is 1. The molecule has 4 rings (SSSR count). The van der Waals surface area contributed by atoms with Crippen molar-refractivity contribution in [3.05, 3.63) is 124 Å². The monoisotopic (exact) mass is 686 g/mol. The summed E-state index contributed by atoms with van der Waals surface area (Å²) in [6, 6.07) is 30.5. The lowest BCUT2D eigenvalue weighted by molar-refractivity contribution is 0.103. The van der Waals surface area contributed by atoms with Gasteiger partial charge in [-0.3, -0.25) is 4.79 Å². The predicted molar refractivity (Wildman–Crippen MR) is 177 cm³/mol. The predicted octanol–water partition coefficient (Wildman–Crippen LogP) is 8.65. The van der Waals surface area contributed by atoms with Gasteiger partial charge in [-0.2, -0.15) is 0 Å². The van der Waals surface area contributed by atoms with E-state index in [2.05, 4.69) is 36.1 Å². The highest BCUT2D eigenvalue weighted by atomic mass is 127. The summed E-state index contributed by atoms with van der Waals surface area (Å²) < 4.78 is 10.7. The van der Waals surface area contributed by atoms with Gasteiger partial charge in [0.25, 0.3) is 0 Å². The average Bonchev–Trinajstić information content (AvgIpc) is 2.97. The van der Waals surface area contributed by atoms with E-state index in [-0.39, 0.29) is 29.8 Å². The molecule has 0 aliphatic rings. The van der Waals surface area contributed by atoms with Crippen LogP contribution in [0.1, 0.15) is 34.0 Å². The molecule has 0 fully saturated rings. The molecule has 0 amide bonds. The zero-order valence-corrected chi connectivity index (χ0v) is 26.6. The SMILES string of the molecule is CCSC(=Nc1cc(Cl)ccc1C(=O)c1ccccc1)N(Cc1ccc(OC)cc1)Cc1ccc(OC)cc1.I. The van der Waals surface area contributed by atoms with Crippen LogP contribution in [-0.4, -0.2) is 35.8 Å². The summed E-state index contributed by atoms with van der Waals surface area (Å²) in [4.78, 5) is 20.7. The van der Waals surface area contributed by atoms with Gasteiger partial charge in [0.1, 0.15) is 11.5 Å². The first-order valence-electron chi connectivity index (χ1n) is 12.6. The van der Waals surface area contributed by atoms with Crippen LogP contribution in [0.2, 0.25) is 5.02 Å². The maximum absolute atomic E-state index is 13.4. The van der Waals surface area contributed by atoms with E-state index in [0.29, 0.717) is 34.9 Å². The van der Waals surface area contributed by atoms with Crippen molar-refractivity contribution in [3.8, 4) is 11.5 Å². The van der Waals surface area contributed by atoms with Crippen LogP contribution in [0.25, 0.3) is 0 Å². The molecule has 0 N–H and O–H groups in total. The topological polar surface area (TPSA) is 51.1 Å². The highest BCUT2D eigenvalue weighted by Gasteiger charge is 2.18. The van der Waals surface area contributed by atoms with Crippen LogP contribution in [0.5, 0.6) is 11.5 Å². The molecule has 4 aromatic rings. The first-order valence-corrected chi connectivity index (χ1v) is 14.0. The largest absolute Gasteiger partial charge is 0.497 e. The van der Waals surface area contributed by atoms with E-state index in [0.717, 1.165) is 33.5 Å². The van der Waals surface area contributed by atoms with Gasteiger partial charge < -0.3 is 14.4 Å². The number of hydrogen-bond acceptors (Lipinski definition) is 5. The Balaban J connectivity index is 0.00000441. The van der Waals surface area contributed by atoms with Crippen molar-refractivity contribution in [1.29, 1.82) is 0 Å². The Kier molecular flexibility index (Phi) is 12.4. The smallest absolute Gasteiger partial charge is 0.195 e. The van der Waals surface area contributed by atoms with Crippen LogP contribution >= 0.6 is 47.3 Å². The van der Waals surface area contributed by atoms with Crippen LogP contribution < -0.4 is 9.47 Å². The van der Waals surface area contributed by atoms with Gasteiger partial charge >= 0.3 is 0 Å². The molecule has 40 heavy (non-hydrogen) atoms. The minimum Gasteiger partial charge on any atom is -0.497 e. The third-order valence-electron chi connectivity index (χ3n) is 6.07. The maximum Gasteiger partial charge on any atom is 0.195 e. The van der Waals surface area contributed by atoms with E-state index in [1.807, 2.05) is 54.6 Å². The number of thioether (sulfide) groups is 1. The Morgan fingerprint density at radius 3 is 1.88 bits per heavy atom. The second-order valence-electron chi connectivity index (χ2n) is 8.74. The minimum absolute atomic E-state index is 0. The summed E-state index contributed by atoms with van der Waals surface area (Å²) in [7, 11) is 3.32. The first kappa shape index (κ1) is 31.5. The zero-order valence-electron chi connectivity index (χ0n) is 22.7. The van der Waals surface area contributed by atoms with Gasteiger partial charge in [0.05, 0.1) is 19.9 Å². The first-order chi connectivity index (χ1) is 19.0. The Bertz CT molecular complexity index is 1370. The quantitative estimate of drug-likeness (QED) is 0.0724. The summed E-state index contributed by atoms with van der Waals surface area (Å²) in [5, 5.41) is 1.32. The van der Waals surface area contributed by atoms with Gasteiger partial charge in [0.15, 0.2) is 11.0 Å². The average molecular weight is 687 g/mol. The molecule has 0 saturated carbocycles. The molecule has 8 heteroatoms. The van der Waals surface area contributed by atoms with E-state index < -0.39 is 0 Å². The summed E-state index contributed by atoms with van der Waals surface area (Å²) in [6.45, 7) is 3.32. The number of benzene rings is 4. The fourth-order valence-corrected chi connectivity index (χ4v) is 4.95. The van der Waals surface area contributed by atoms with Gasteiger partial charge in [-0.15, -0.1) is 24.0 Å². The molecule has 0 saturated heterocycles. The van der Waals surface area contributed by atoms with Crippen molar-refractivity contribution in [2.24, 2.45) is 4.99 Å². The Morgan fingerprint density at radius 2 is 1.38 bits per heavy atom. The normalized spacial score (nSPS) is 10.9. The number of halogens is 2. The van der Waals surface area contributed by atoms with E-state index in [9.17, 15) is 4.79 Å². The standard InChI is InChI=1S/C32H31ClN2O3S.HI/c1-4-39-32(34-30-20-26(33)14-19-29(30)31(36)25-8-6-5-7-9-25)35(21-23-10-15-27(37-2)16-11-23)22-24-12-17-28(38-3)18-13-24;/h5-20H,4,21-22H2,1-3H3;1H. The molecule has 0 spiro atoms. The number of aliphatic imine (C=N–C) groups is 1. The summed E-state index contributed by atoms with van der Waals surface area (Å²) in [5.41, 5.74) is 3.88. The van der Waals surface area contributed by atoms with E-state index in [1.54, 1.807) is 44.2 Å². The summed E-state index contributed by atoms with van der Waals surface area (Å²) in [5.74, 6) is 2.33. The maximum atomic E-state index is 13.4. The molecule has 0 heterocycles. The number of nitrogens with zero attached hydrogens (tertiary/aromatic N) is 2. The second kappa shape index (κ2) is 15.7. The summed E-state index contributed by atoms with van der Waals surface area (Å²) in [6.07, 6.45) is 0. The van der Waals surface area contributed by atoms with E-state index in [4.69, 9.17) is 26.1 Å². The van der Waals surface area contributed by atoms with Crippen molar-refractivity contribution in [1.82, 2.24) is 4.90 Å².